The second-order valence-electron chi connectivity index (χ2n) is 9.28. The molecule has 0 N–H and O–H groups in total. The van der Waals surface area contributed by atoms with E-state index in [1.165, 1.54) is 25.7 Å². The van der Waals surface area contributed by atoms with E-state index in [1.54, 1.807) is 17.3 Å². The Balaban J connectivity index is 1.55. The number of carbonyl (C=O) groups excluding carboxylic acids is 2. The number of aromatic nitrogens is 2. The van der Waals surface area contributed by atoms with Gasteiger partial charge in [0.1, 0.15) is 0 Å². The van der Waals surface area contributed by atoms with Gasteiger partial charge in [0.25, 0.3) is 0 Å². The monoisotopic (exact) mass is 399 g/mol. The molecule has 2 amide bonds. The molecule has 2 aliphatic heterocycles. The zero-order chi connectivity index (χ0) is 20.4. The molecule has 1 aromatic rings. The molecule has 0 spiro atoms. The lowest BCUT2D eigenvalue weighted by Gasteiger charge is -2.34. The van der Waals surface area contributed by atoms with E-state index in [2.05, 4.69) is 14.9 Å². The van der Waals surface area contributed by atoms with Crippen LogP contribution >= 0.6 is 0 Å². The molecule has 3 aliphatic rings. The SMILES string of the molecule is CN(C)C(=O)[C@]12CCCN(C(=O)CC3CCCC3)C[C@H]1CN(c1ncccn1)C2. The fraction of sp³-hybridized carbons (Fsp3) is 0.727. The van der Waals surface area contributed by atoms with E-state index < -0.39 is 5.41 Å². The number of carbonyl (C=O) groups is 2. The van der Waals surface area contributed by atoms with Gasteiger partial charge in [-0.1, -0.05) is 12.8 Å². The summed E-state index contributed by atoms with van der Waals surface area (Å²) in [6, 6.07) is 1.81. The van der Waals surface area contributed by atoms with E-state index in [0.29, 0.717) is 31.4 Å². The van der Waals surface area contributed by atoms with Crippen LogP contribution in [0.2, 0.25) is 0 Å². The number of hydrogen-bond acceptors (Lipinski definition) is 5. The van der Waals surface area contributed by atoms with Gasteiger partial charge in [0.15, 0.2) is 0 Å². The molecule has 29 heavy (non-hydrogen) atoms. The highest BCUT2D eigenvalue weighted by molar-refractivity contribution is 5.85. The first-order valence-electron chi connectivity index (χ1n) is 11.0. The molecule has 0 bridgehead atoms. The number of anilines is 1. The Morgan fingerprint density at radius 1 is 1.14 bits per heavy atom. The van der Waals surface area contributed by atoms with Gasteiger partial charge in [-0.25, -0.2) is 9.97 Å². The van der Waals surface area contributed by atoms with E-state index in [1.807, 2.05) is 25.1 Å². The number of amides is 2. The van der Waals surface area contributed by atoms with Crippen LogP contribution in [-0.2, 0) is 9.59 Å². The Labute approximate surface area is 173 Å². The maximum atomic E-state index is 13.3. The standard InChI is InChI=1S/C22H33N5O2/c1-25(2)20(29)22-9-5-12-26(19(28)13-17-7-3-4-8-17)14-18(22)15-27(16-22)21-23-10-6-11-24-21/h6,10-11,17-18H,3-5,7-9,12-16H2,1-2H3/t18-,22-/m0/s1. The molecular weight excluding hydrogens is 366 g/mol. The minimum Gasteiger partial charge on any atom is -0.348 e. The number of hydrogen-bond donors (Lipinski definition) is 0. The van der Waals surface area contributed by atoms with Gasteiger partial charge in [-0.15, -0.1) is 0 Å². The quantitative estimate of drug-likeness (QED) is 0.776. The fourth-order valence-corrected chi connectivity index (χ4v) is 5.65. The lowest BCUT2D eigenvalue weighted by molar-refractivity contribution is -0.142. The molecule has 4 rings (SSSR count). The van der Waals surface area contributed by atoms with Crippen molar-refractivity contribution in [1.82, 2.24) is 19.8 Å². The number of fused-ring (bicyclic) bond motifs is 1. The largest absolute Gasteiger partial charge is 0.348 e. The van der Waals surface area contributed by atoms with Gasteiger partial charge < -0.3 is 14.7 Å². The highest BCUT2D eigenvalue weighted by atomic mass is 16.2. The summed E-state index contributed by atoms with van der Waals surface area (Å²) < 4.78 is 0. The van der Waals surface area contributed by atoms with Crippen molar-refractivity contribution in [2.45, 2.75) is 44.9 Å². The molecule has 3 heterocycles. The van der Waals surface area contributed by atoms with Crippen LogP contribution in [0.3, 0.4) is 0 Å². The number of likely N-dealkylation sites (tertiary alicyclic amines) is 1. The van der Waals surface area contributed by atoms with Crippen molar-refractivity contribution in [3.63, 3.8) is 0 Å². The summed E-state index contributed by atoms with van der Waals surface area (Å²) in [5.74, 6) is 1.79. The summed E-state index contributed by atoms with van der Waals surface area (Å²) in [5.41, 5.74) is -0.467. The lowest BCUT2D eigenvalue weighted by Crippen LogP contribution is -2.47. The Morgan fingerprint density at radius 2 is 1.86 bits per heavy atom. The van der Waals surface area contributed by atoms with Gasteiger partial charge in [-0.3, -0.25) is 9.59 Å². The highest BCUT2D eigenvalue weighted by Crippen LogP contribution is 2.45. The van der Waals surface area contributed by atoms with Crippen molar-refractivity contribution >= 4 is 17.8 Å². The molecule has 0 aromatic carbocycles. The van der Waals surface area contributed by atoms with Gasteiger partial charge in [0.05, 0.1) is 5.41 Å². The van der Waals surface area contributed by atoms with Crippen LogP contribution in [0.25, 0.3) is 0 Å². The summed E-state index contributed by atoms with van der Waals surface area (Å²) in [6.45, 7) is 2.78. The predicted molar refractivity (Wildman–Crippen MR) is 111 cm³/mol. The van der Waals surface area contributed by atoms with Gasteiger partial charge in [0, 0.05) is 65.0 Å². The third-order valence-corrected chi connectivity index (χ3v) is 7.14. The summed E-state index contributed by atoms with van der Waals surface area (Å²) in [5, 5.41) is 0. The van der Waals surface area contributed by atoms with Crippen LogP contribution in [0.15, 0.2) is 18.5 Å². The Bertz CT molecular complexity index is 734. The molecule has 2 saturated heterocycles. The summed E-state index contributed by atoms with van der Waals surface area (Å²) in [6.07, 6.45) is 10.7. The maximum absolute atomic E-state index is 13.3. The lowest BCUT2D eigenvalue weighted by atomic mass is 9.74. The minimum atomic E-state index is -0.467. The molecule has 7 heteroatoms. The predicted octanol–water partition coefficient (Wildman–Crippen LogP) is 2.19. The van der Waals surface area contributed by atoms with Crippen molar-refractivity contribution in [2.75, 3.05) is 45.2 Å². The first kappa shape index (κ1) is 20.1. The normalized spacial score (nSPS) is 27.6. The van der Waals surface area contributed by atoms with Crippen molar-refractivity contribution < 1.29 is 9.59 Å². The van der Waals surface area contributed by atoms with Crippen LogP contribution < -0.4 is 4.90 Å². The van der Waals surface area contributed by atoms with Crippen molar-refractivity contribution in [1.29, 1.82) is 0 Å². The van der Waals surface area contributed by atoms with Crippen LogP contribution in [0, 0.1) is 17.3 Å². The Morgan fingerprint density at radius 3 is 2.55 bits per heavy atom. The van der Waals surface area contributed by atoms with Crippen molar-refractivity contribution in [2.24, 2.45) is 17.3 Å². The summed E-state index contributed by atoms with van der Waals surface area (Å²) in [7, 11) is 3.67. The molecule has 1 aromatic heterocycles. The van der Waals surface area contributed by atoms with Crippen LogP contribution in [0.1, 0.15) is 44.9 Å². The van der Waals surface area contributed by atoms with Crippen molar-refractivity contribution in [3.05, 3.63) is 18.5 Å². The van der Waals surface area contributed by atoms with E-state index in [9.17, 15) is 9.59 Å². The fourth-order valence-electron chi connectivity index (χ4n) is 5.65. The third kappa shape index (κ3) is 3.96. The topological polar surface area (TPSA) is 69.6 Å². The molecule has 7 nitrogen and oxygen atoms in total. The zero-order valence-corrected chi connectivity index (χ0v) is 17.7. The molecule has 1 aliphatic carbocycles. The van der Waals surface area contributed by atoms with Crippen LogP contribution in [0.4, 0.5) is 5.95 Å². The Kier molecular flexibility index (Phi) is 5.74. The summed E-state index contributed by atoms with van der Waals surface area (Å²) in [4.78, 5) is 41.1. The molecular formula is C22H33N5O2. The number of rotatable bonds is 4. The molecule has 2 atom stereocenters. The first-order chi connectivity index (χ1) is 14.0. The number of nitrogens with zero attached hydrogens (tertiary/aromatic N) is 5. The van der Waals surface area contributed by atoms with Crippen LogP contribution in [0.5, 0.6) is 0 Å². The zero-order valence-electron chi connectivity index (χ0n) is 17.7. The minimum absolute atomic E-state index is 0.108. The molecule has 3 fully saturated rings. The molecule has 0 radical (unpaired) electrons. The smallest absolute Gasteiger partial charge is 0.230 e. The van der Waals surface area contributed by atoms with Gasteiger partial charge in [-0.2, -0.15) is 0 Å². The highest BCUT2D eigenvalue weighted by Gasteiger charge is 2.54. The molecule has 0 unspecified atom stereocenters. The average molecular weight is 400 g/mol. The molecule has 1 saturated carbocycles. The maximum Gasteiger partial charge on any atom is 0.230 e. The molecule has 158 valence electrons. The average Bonchev–Trinajstić information content (AvgIpc) is 3.32. The van der Waals surface area contributed by atoms with E-state index in [0.717, 1.165) is 25.9 Å². The van der Waals surface area contributed by atoms with Crippen molar-refractivity contribution in [3.8, 4) is 0 Å². The second-order valence-corrected chi connectivity index (χ2v) is 9.28. The van der Waals surface area contributed by atoms with Gasteiger partial charge in [0.2, 0.25) is 17.8 Å². The third-order valence-electron chi connectivity index (χ3n) is 7.14. The van der Waals surface area contributed by atoms with Gasteiger partial charge >= 0.3 is 0 Å². The summed E-state index contributed by atoms with van der Waals surface area (Å²) >= 11 is 0. The van der Waals surface area contributed by atoms with E-state index >= 15 is 0 Å². The second kappa shape index (κ2) is 8.28. The van der Waals surface area contributed by atoms with Gasteiger partial charge in [-0.05, 0) is 37.7 Å². The Hall–Kier alpha value is -2.18. The first-order valence-corrected chi connectivity index (χ1v) is 11.0. The van der Waals surface area contributed by atoms with E-state index in [-0.39, 0.29) is 17.7 Å². The van der Waals surface area contributed by atoms with Crippen LogP contribution in [-0.4, -0.2) is 71.9 Å². The van der Waals surface area contributed by atoms with E-state index in [4.69, 9.17) is 0 Å².